The highest BCUT2D eigenvalue weighted by Crippen LogP contribution is 2.33. The molecule has 0 fully saturated rings. The fourth-order valence-electron chi connectivity index (χ4n) is 1.60. The maximum absolute atomic E-state index is 12.2. The molecule has 0 atom stereocenters. The molecule has 6 heteroatoms. The molecule has 0 saturated heterocycles. The third-order valence-corrected chi connectivity index (χ3v) is 4.32. The second-order valence-electron chi connectivity index (χ2n) is 4.17. The summed E-state index contributed by atoms with van der Waals surface area (Å²) in [6.07, 6.45) is 0. The summed E-state index contributed by atoms with van der Waals surface area (Å²) >= 11 is 13.5. The number of nitrogens with one attached hydrogen (secondary N) is 1. The van der Waals surface area contributed by atoms with Crippen molar-refractivity contribution in [2.24, 2.45) is 0 Å². The number of aryl methyl sites for hydroxylation is 1. The number of thiophene rings is 1. The summed E-state index contributed by atoms with van der Waals surface area (Å²) in [6.45, 7) is 1.62. The van der Waals surface area contributed by atoms with Gasteiger partial charge >= 0.3 is 0 Å². The number of aliphatic hydroxyl groups is 1. The van der Waals surface area contributed by atoms with E-state index in [1.54, 1.807) is 23.6 Å². The number of hydrogen-bond acceptors (Lipinski definition) is 3. The average molecular weight is 340 g/mol. The molecule has 0 aliphatic heterocycles. The SMILES string of the molecule is Cc1ccc(Cl)c(NC(=O)c2csc(C#CCO)c2)c1Cl. The topological polar surface area (TPSA) is 49.3 Å². The molecule has 1 aromatic heterocycles. The molecule has 0 unspecified atom stereocenters. The van der Waals surface area contributed by atoms with E-state index < -0.39 is 0 Å². The number of aliphatic hydroxyl groups excluding tert-OH is 1. The van der Waals surface area contributed by atoms with Crippen molar-refractivity contribution in [2.75, 3.05) is 11.9 Å². The first kappa shape index (κ1) is 15.9. The minimum Gasteiger partial charge on any atom is -0.384 e. The summed E-state index contributed by atoms with van der Waals surface area (Å²) in [4.78, 5) is 12.9. The second-order valence-corrected chi connectivity index (χ2v) is 5.86. The first-order valence-electron chi connectivity index (χ1n) is 5.97. The Morgan fingerprint density at radius 3 is 2.90 bits per heavy atom. The summed E-state index contributed by atoms with van der Waals surface area (Å²) in [5.74, 6) is 4.98. The molecule has 0 aliphatic rings. The van der Waals surface area contributed by atoms with E-state index >= 15 is 0 Å². The zero-order valence-corrected chi connectivity index (χ0v) is 13.4. The van der Waals surface area contributed by atoms with Crippen molar-refractivity contribution in [1.29, 1.82) is 0 Å². The van der Waals surface area contributed by atoms with Crippen LogP contribution in [-0.4, -0.2) is 17.6 Å². The number of hydrogen-bond donors (Lipinski definition) is 2. The Balaban J connectivity index is 2.22. The number of rotatable bonds is 2. The van der Waals surface area contributed by atoms with Crippen molar-refractivity contribution in [3.05, 3.63) is 49.6 Å². The van der Waals surface area contributed by atoms with Gasteiger partial charge in [-0.2, -0.15) is 0 Å². The molecule has 0 aliphatic carbocycles. The molecule has 2 N–H and O–H groups in total. The smallest absolute Gasteiger partial charge is 0.256 e. The average Bonchev–Trinajstić information content (AvgIpc) is 2.94. The Kier molecular flexibility index (Phi) is 5.27. The van der Waals surface area contributed by atoms with E-state index in [0.717, 1.165) is 5.56 Å². The van der Waals surface area contributed by atoms with Gasteiger partial charge in [0.25, 0.3) is 5.91 Å². The lowest BCUT2D eigenvalue weighted by Crippen LogP contribution is -2.12. The molecule has 0 saturated carbocycles. The van der Waals surface area contributed by atoms with Crippen LogP contribution in [0.1, 0.15) is 20.8 Å². The van der Waals surface area contributed by atoms with Gasteiger partial charge in [0.05, 0.1) is 26.2 Å². The van der Waals surface area contributed by atoms with Crippen molar-refractivity contribution in [3.8, 4) is 11.8 Å². The van der Waals surface area contributed by atoms with Crippen LogP contribution in [0.5, 0.6) is 0 Å². The van der Waals surface area contributed by atoms with Crippen LogP contribution in [0, 0.1) is 18.8 Å². The second kappa shape index (κ2) is 6.97. The number of benzene rings is 1. The number of halogens is 2. The van der Waals surface area contributed by atoms with Gasteiger partial charge in [0.1, 0.15) is 6.61 Å². The van der Waals surface area contributed by atoms with E-state index in [1.807, 2.05) is 6.92 Å². The molecule has 0 radical (unpaired) electrons. The first-order valence-corrected chi connectivity index (χ1v) is 7.60. The molecule has 0 bridgehead atoms. The van der Waals surface area contributed by atoms with Crippen molar-refractivity contribution >= 4 is 46.1 Å². The Morgan fingerprint density at radius 1 is 1.43 bits per heavy atom. The highest BCUT2D eigenvalue weighted by molar-refractivity contribution is 7.10. The number of carbonyl (C=O) groups is 1. The maximum Gasteiger partial charge on any atom is 0.256 e. The lowest BCUT2D eigenvalue weighted by molar-refractivity contribution is 0.102. The van der Waals surface area contributed by atoms with E-state index in [2.05, 4.69) is 17.2 Å². The lowest BCUT2D eigenvalue weighted by atomic mass is 10.2. The van der Waals surface area contributed by atoms with Crippen LogP contribution in [0.15, 0.2) is 23.6 Å². The van der Waals surface area contributed by atoms with Crippen LogP contribution < -0.4 is 5.32 Å². The van der Waals surface area contributed by atoms with Gasteiger partial charge in [-0.25, -0.2) is 0 Å². The monoisotopic (exact) mass is 339 g/mol. The fourth-order valence-corrected chi connectivity index (χ4v) is 2.82. The molecule has 2 aromatic rings. The predicted molar refractivity (Wildman–Crippen MR) is 87.4 cm³/mol. The summed E-state index contributed by atoms with van der Waals surface area (Å²) in [7, 11) is 0. The highest BCUT2D eigenvalue weighted by Gasteiger charge is 2.14. The largest absolute Gasteiger partial charge is 0.384 e. The fraction of sp³-hybridized carbons (Fsp3) is 0.133. The molecule has 0 spiro atoms. The third-order valence-electron chi connectivity index (χ3n) is 2.68. The van der Waals surface area contributed by atoms with E-state index in [9.17, 15) is 4.79 Å². The van der Waals surface area contributed by atoms with Gasteiger partial charge in [0.15, 0.2) is 0 Å². The summed E-state index contributed by atoms with van der Waals surface area (Å²) < 4.78 is 0. The van der Waals surface area contributed by atoms with Crippen LogP contribution in [0.2, 0.25) is 10.0 Å². The minimum atomic E-state index is -0.308. The number of anilines is 1. The molecule has 1 aromatic carbocycles. The quantitative estimate of drug-likeness (QED) is 0.813. The molecule has 108 valence electrons. The van der Waals surface area contributed by atoms with Gasteiger partial charge in [0, 0.05) is 5.38 Å². The molecule has 1 heterocycles. The Morgan fingerprint density at radius 2 is 2.19 bits per heavy atom. The van der Waals surface area contributed by atoms with Gasteiger partial charge in [-0.15, -0.1) is 11.3 Å². The Bertz CT molecular complexity index is 744. The standard InChI is InChI=1S/C15H11Cl2NO2S/c1-9-4-5-12(16)14(13(9)17)18-15(20)10-7-11(21-8-10)3-2-6-19/h4-5,7-8,19H,6H2,1H3,(H,18,20). The van der Waals surface area contributed by atoms with Gasteiger partial charge in [-0.05, 0) is 24.6 Å². The van der Waals surface area contributed by atoms with Gasteiger partial charge in [-0.3, -0.25) is 4.79 Å². The van der Waals surface area contributed by atoms with Gasteiger partial charge in [0.2, 0.25) is 0 Å². The molecule has 1 amide bonds. The van der Waals surface area contributed by atoms with Crippen LogP contribution in [-0.2, 0) is 0 Å². The van der Waals surface area contributed by atoms with E-state index in [0.29, 0.717) is 26.2 Å². The number of carbonyl (C=O) groups excluding carboxylic acids is 1. The molecular formula is C15H11Cl2NO2S. The summed E-state index contributed by atoms with van der Waals surface area (Å²) in [6, 6.07) is 5.12. The molecular weight excluding hydrogens is 329 g/mol. The van der Waals surface area contributed by atoms with Gasteiger partial charge in [-0.1, -0.05) is 41.1 Å². The van der Waals surface area contributed by atoms with Crippen molar-refractivity contribution in [2.45, 2.75) is 6.92 Å². The highest BCUT2D eigenvalue weighted by atomic mass is 35.5. The molecule has 3 nitrogen and oxygen atoms in total. The Labute approximate surface area is 136 Å². The van der Waals surface area contributed by atoms with Crippen LogP contribution in [0.4, 0.5) is 5.69 Å². The van der Waals surface area contributed by atoms with Crippen LogP contribution >= 0.6 is 34.5 Å². The molecule has 2 rings (SSSR count). The van der Waals surface area contributed by atoms with Crippen molar-refractivity contribution in [3.63, 3.8) is 0 Å². The molecule has 21 heavy (non-hydrogen) atoms. The van der Waals surface area contributed by atoms with E-state index in [4.69, 9.17) is 28.3 Å². The van der Waals surface area contributed by atoms with E-state index in [1.165, 1.54) is 11.3 Å². The maximum atomic E-state index is 12.2. The first-order chi connectivity index (χ1) is 10.0. The zero-order valence-electron chi connectivity index (χ0n) is 11.0. The lowest BCUT2D eigenvalue weighted by Gasteiger charge is -2.10. The number of amides is 1. The third kappa shape index (κ3) is 3.78. The van der Waals surface area contributed by atoms with Crippen molar-refractivity contribution in [1.82, 2.24) is 0 Å². The minimum absolute atomic E-state index is 0.214. The summed E-state index contributed by atoms with van der Waals surface area (Å²) in [5, 5.41) is 13.9. The van der Waals surface area contributed by atoms with E-state index in [-0.39, 0.29) is 12.5 Å². The predicted octanol–water partition coefficient (Wildman–Crippen LogP) is 3.96. The van der Waals surface area contributed by atoms with Crippen LogP contribution in [0.25, 0.3) is 0 Å². The normalized spacial score (nSPS) is 9.90. The van der Waals surface area contributed by atoms with Crippen LogP contribution in [0.3, 0.4) is 0 Å². The zero-order chi connectivity index (χ0) is 15.4. The summed E-state index contributed by atoms with van der Waals surface area (Å²) in [5.41, 5.74) is 1.70. The Hall–Kier alpha value is -1.51. The van der Waals surface area contributed by atoms with Gasteiger partial charge < -0.3 is 10.4 Å². The van der Waals surface area contributed by atoms with Crippen molar-refractivity contribution < 1.29 is 9.90 Å².